The minimum absolute atomic E-state index is 0.385. The lowest BCUT2D eigenvalue weighted by molar-refractivity contribution is 1.07. The van der Waals surface area contributed by atoms with E-state index in [9.17, 15) is 10.5 Å². The smallest absolute Gasteiger partial charge is 0.158 e. The van der Waals surface area contributed by atoms with Gasteiger partial charge in [-0.1, -0.05) is 47.5 Å². The number of nitriles is 2. The predicted octanol–water partition coefficient (Wildman–Crippen LogP) is 10.4. The third-order valence-corrected chi connectivity index (χ3v) is 12.0. The molecule has 0 fully saturated rings. The first-order valence-corrected chi connectivity index (χ1v) is 18.2. The third kappa shape index (κ3) is 5.63. The first kappa shape index (κ1) is 30.7. The van der Waals surface area contributed by atoms with Crippen LogP contribution < -0.4 is 10.0 Å². The summed E-state index contributed by atoms with van der Waals surface area (Å²) in [5.41, 5.74) is 3.83. The number of benzene rings is 4. The summed E-state index contributed by atoms with van der Waals surface area (Å²) in [7, 11) is 0. The molecule has 0 aliphatic carbocycles. The van der Waals surface area contributed by atoms with Gasteiger partial charge in [0.05, 0.1) is 31.8 Å². The molecule has 0 spiro atoms. The molecule has 230 valence electrons. The number of aromatic nitrogens is 2. The first-order valence-electron chi connectivity index (χ1n) is 14.1. The van der Waals surface area contributed by atoms with Crippen molar-refractivity contribution >= 4 is 122 Å². The fraction of sp³-hybridized carbons (Fsp3) is 0. The number of hydrogen-bond acceptors (Lipinski definition) is 12. The van der Waals surface area contributed by atoms with Crippen LogP contribution in [0, 0.1) is 22.7 Å². The van der Waals surface area contributed by atoms with Crippen LogP contribution in [0.2, 0.25) is 10.0 Å². The Morgan fingerprint density at radius 2 is 0.958 bits per heavy atom. The maximum atomic E-state index is 10.5. The normalized spacial score (nSPS) is 16.6. The van der Waals surface area contributed by atoms with Crippen LogP contribution in [0.25, 0.3) is 31.6 Å². The monoisotopic (exact) mass is 734 g/mol. The lowest BCUT2D eigenvalue weighted by Gasteiger charge is -2.16. The van der Waals surface area contributed by atoms with Crippen LogP contribution in [-0.4, -0.2) is 20.1 Å². The standard InChI is InChI=1S/C34H16Cl2N8S4/c35-19-9-13-21(14-10-19)43-33(23(17-37)29-39-25-5-1-3-7-27(25)45-29)47-31(41-43)32-42-44(22-15-11-20(36)12-16-22)34(48-32)24(18-38)30-40-26-6-2-4-8-28(26)46-30/h1-16H/b33-23+,34-24+. The average Bonchev–Trinajstić information content (AvgIpc) is 3.91. The molecule has 48 heavy (non-hydrogen) atoms. The molecule has 0 amide bonds. The second-order valence-corrected chi connectivity index (χ2v) is 15.0. The molecule has 0 atom stereocenters. The summed E-state index contributed by atoms with van der Waals surface area (Å²) in [5.74, 6) is 0. The Morgan fingerprint density at radius 3 is 1.33 bits per heavy atom. The van der Waals surface area contributed by atoms with Crippen molar-refractivity contribution in [2.24, 2.45) is 10.2 Å². The molecule has 0 radical (unpaired) electrons. The van der Waals surface area contributed by atoms with E-state index in [4.69, 9.17) is 43.4 Å². The van der Waals surface area contributed by atoms with E-state index >= 15 is 0 Å². The molecule has 6 aromatic rings. The van der Waals surface area contributed by atoms with Crippen LogP contribution in [0.15, 0.2) is 117 Å². The summed E-state index contributed by atoms with van der Waals surface area (Å²) in [6.45, 7) is 0. The SMILES string of the molecule is N#C/C(=C1\SC(C2=NN(c3ccc(Cl)cc3)/C(=C(/C#N)c3nc4ccccc4s3)S2)=NN1c1ccc(Cl)cc1)c1nc2ccccc2s1. The van der Waals surface area contributed by atoms with Gasteiger partial charge in [0.1, 0.15) is 43.4 Å². The lowest BCUT2D eigenvalue weighted by atomic mass is 10.3. The van der Waals surface area contributed by atoms with Crippen LogP contribution in [0.4, 0.5) is 11.4 Å². The number of thiazole rings is 2. The highest BCUT2D eigenvalue weighted by Crippen LogP contribution is 2.47. The molecule has 14 heteroatoms. The van der Waals surface area contributed by atoms with Gasteiger partial charge >= 0.3 is 0 Å². The van der Waals surface area contributed by atoms with E-state index in [0.717, 1.165) is 20.4 Å². The van der Waals surface area contributed by atoms with Crippen molar-refractivity contribution in [1.82, 2.24) is 9.97 Å². The number of hydrazone groups is 2. The maximum Gasteiger partial charge on any atom is 0.158 e. The van der Waals surface area contributed by atoms with E-state index in [1.54, 1.807) is 34.3 Å². The van der Waals surface area contributed by atoms with Crippen molar-refractivity contribution in [2.45, 2.75) is 0 Å². The average molecular weight is 736 g/mol. The Labute approximate surface area is 300 Å². The Bertz CT molecular complexity index is 2230. The van der Waals surface area contributed by atoms with Crippen LogP contribution >= 0.6 is 69.4 Å². The quantitative estimate of drug-likeness (QED) is 0.161. The number of halogens is 2. The molecule has 8 rings (SSSR count). The summed E-state index contributed by atoms with van der Waals surface area (Å²) < 4.78 is 1.96. The van der Waals surface area contributed by atoms with Gasteiger partial charge in [-0.2, -0.15) is 20.7 Å². The second kappa shape index (κ2) is 12.7. The zero-order valence-electron chi connectivity index (χ0n) is 24.2. The van der Waals surface area contributed by atoms with Gasteiger partial charge in [-0.25, -0.2) is 20.0 Å². The van der Waals surface area contributed by atoms with Gasteiger partial charge in [0, 0.05) is 10.0 Å². The number of para-hydroxylation sites is 2. The number of fused-ring (bicyclic) bond motifs is 2. The molecule has 0 N–H and O–H groups in total. The van der Waals surface area contributed by atoms with Crippen LogP contribution in [0.1, 0.15) is 10.0 Å². The minimum atomic E-state index is 0.385. The molecule has 8 nitrogen and oxygen atoms in total. The fourth-order valence-corrected chi connectivity index (χ4v) is 9.29. The summed E-state index contributed by atoms with van der Waals surface area (Å²) in [4.78, 5) is 9.54. The number of allylic oxidation sites excluding steroid dienone is 2. The van der Waals surface area contributed by atoms with E-state index < -0.39 is 0 Å². The zero-order valence-corrected chi connectivity index (χ0v) is 29.0. The molecule has 2 aliphatic heterocycles. The molecule has 0 saturated carbocycles. The molecule has 4 aromatic carbocycles. The largest absolute Gasteiger partial charge is 0.235 e. The number of rotatable bonds is 5. The van der Waals surface area contributed by atoms with Crippen molar-refractivity contribution in [2.75, 3.05) is 10.0 Å². The van der Waals surface area contributed by atoms with Crippen molar-refractivity contribution in [3.63, 3.8) is 0 Å². The Kier molecular flexibility index (Phi) is 8.14. The predicted molar refractivity (Wildman–Crippen MR) is 202 cm³/mol. The summed E-state index contributed by atoms with van der Waals surface area (Å²) in [6, 6.07) is 34.8. The summed E-state index contributed by atoms with van der Waals surface area (Å²) >= 11 is 18.0. The highest BCUT2D eigenvalue weighted by Gasteiger charge is 2.37. The first-order chi connectivity index (χ1) is 23.5. The van der Waals surface area contributed by atoms with Gasteiger partial charge in [0.25, 0.3) is 0 Å². The molecule has 2 aliphatic rings. The number of anilines is 2. The maximum absolute atomic E-state index is 10.5. The van der Waals surface area contributed by atoms with Crippen molar-refractivity contribution in [1.29, 1.82) is 10.5 Å². The molecule has 0 bridgehead atoms. The lowest BCUT2D eigenvalue weighted by Crippen LogP contribution is -2.11. The van der Waals surface area contributed by atoms with Gasteiger partial charge in [0.15, 0.2) is 10.1 Å². The molecule has 0 unspecified atom stereocenters. The fourth-order valence-electron chi connectivity index (χ4n) is 4.92. The Morgan fingerprint density at radius 1 is 0.562 bits per heavy atom. The second-order valence-electron chi connectivity index (χ2n) is 10.1. The van der Waals surface area contributed by atoms with Gasteiger partial charge in [-0.3, -0.25) is 0 Å². The van der Waals surface area contributed by atoms with Crippen LogP contribution in [-0.2, 0) is 0 Å². The van der Waals surface area contributed by atoms with Crippen molar-refractivity contribution in [3.8, 4) is 12.1 Å². The number of thioether (sulfide) groups is 2. The molecular formula is C34H16Cl2N8S4. The van der Waals surface area contributed by atoms with Crippen LogP contribution in [0.5, 0.6) is 0 Å². The third-order valence-electron chi connectivity index (χ3n) is 7.15. The Hall–Kier alpha value is -4.66. The molecule has 4 heterocycles. The van der Waals surface area contributed by atoms with Crippen molar-refractivity contribution in [3.05, 3.63) is 127 Å². The molecule has 2 aromatic heterocycles. The van der Waals surface area contributed by atoms with Gasteiger partial charge in [-0.05, 0) is 96.3 Å². The van der Waals surface area contributed by atoms with Gasteiger partial charge in [0.2, 0.25) is 0 Å². The Balaban J connectivity index is 1.26. The number of nitrogens with zero attached hydrogens (tertiary/aromatic N) is 8. The molecular weight excluding hydrogens is 720 g/mol. The zero-order chi connectivity index (χ0) is 32.8. The molecule has 0 saturated heterocycles. The van der Waals surface area contributed by atoms with Gasteiger partial charge < -0.3 is 0 Å². The van der Waals surface area contributed by atoms with E-state index in [0.29, 0.717) is 62.7 Å². The van der Waals surface area contributed by atoms with E-state index in [1.807, 2.05) is 72.8 Å². The highest BCUT2D eigenvalue weighted by atomic mass is 35.5. The van der Waals surface area contributed by atoms with Crippen LogP contribution in [0.3, 0.4) is 0 Å². The van der Waals surface area contributed by atoms with Crippen molar-refractivity contribution < 1.29 is 0 Å². The highest BCUT2D eigenvalue weighted by molar-refractivity contribution is 8.28. The number of hydrogen-bond donors (Lipinski definition) is 0. The topological polar surface area (TPSA) is 105 Å². The van der Waals surface area contributed by atoms with Gasteiger partial charge in [-0.15, -0.1) is 22.7 Å². The summed E-state index contributed by atoms with van der Waals surface area (Å²) in [5, 5.41) is 39.0. The minimum Gasteiger partial charge on any atom is -0.235 e. The van der Waals surface area contributed by atoms with E-state index in [2.05, 4.69) is 12.1 Å². The van der Waals surface area contributed by atoms with E-state index in [-0.39, 0.29) is 0 Å². The summed E-state index contributed by atoms with van der Waals surface area (Å²) in [6.07, 6.45) is 0. The van der Waals surface area contributed by atoms with E-state index in [1.165, 1.54) is 46.2 Å².